The van der Waals surface area contributed by atoms with Crippen LogP contribution in [0.5, 0.6) is 0 Å². The summed E-state index contributed by atoms with van der Waals surface area (Å²) in [6, 6.07) is 5.70. The Bertz CT molecular complexity index is 625. The Morgan fingerprint density at radius 2 is 1.89 bits per heavy atom. The maximum absolute atomic E-state index is 12.9. The third-order valence-electron chi connectivity index (χ3n) is 4.77. The number of rotatable bonds is 9. The summed E-state index contributed by atoms with van der Waals surface area (Å²) in [6.45, 7) is 5.51. The number of anilines is 2. The number of piperidine rings is 1. The molecule has 0 spiro atoms. The number of carbonyl (C=O) groups excluding carboxylic acids is 2. The minimum absolute atomic E-state index is 0.0134. The van der Waals surface area contributed by atoms with Crippen LogP contribution in [0.4, 0.5) is 11.4 Å². The van der Waals surface area contributed by atoms with Crippen LogP contribution in [0.15, 0.2) is 18.2 Å². The van der Waals surface area contributed by atoms with Gasteiger partial charge in [0.25, 0.3) is 5.91 Å². The predicted octanol–water partition coefficient (Wildman–Crippen LogP) is 3.10. The van der Waals surface area contributed by atoms with Crippen molar-refractivity contribution in [1.29, 1.82) is 0 Å². The normalized spacial score (nSPS) is 14.3. The lowest BCUT2D eigenvalue weighted by Gasteiger charge is -2.30. The summed E-state index contributed by atoms with van der Waals surface area (Å²) >= 11 is 0. The fraction of sp³-hybridized carbons (Fsp3) is 0.619. The molecule has 150 valence electrons. The molecular weight excluding hydrogens is 340 g/mol. The zero-order valence-electron chi connectivity index (χ0n) is 17.0. The second-order valence-electron chi connectivity index (χ2n) is 7.49. The number of carbonyl (C=O) groups is 2. The van der Waals surface area contributed by atoms with Gasteiger partial charge in [-0.05, 0) is 70.9 Å². The largest absolute Gasteiger partial charge is 0.371 e. The van der Waals surface area contributed by atoms with Crippen molar-refractivity contribution >= 4 is 23.2 Å². The Labute approximate surface area is 163 Å². The highest BCUT2D eigenvalue weighted by Crippen LogP contribution is 2.27. The Morgan fingerprint density at radius 3 is 2.56 bits per heavy atom. The summed E-state index contributed by atoms with van der Waals surface area (Å²) < 4.78 is 0. The van der Waals surface area contributed by atoms with Gasteiger partial charge in [0, 0.05) is 37.4 Å². The highest BCUT2D eigenvalue weighted by atomic mass is 16.2. The molecule has 0 radical (unpaired) electrons. The summed E-state index contributed by atoms with van der Waals surface area (Å²) in [4.78, 5) is 29.2. The van der Waals surface area contributed by atoms with E-state index in [2.05, 4.69) is 20.4 Å². The lowest BCUT2D eigenvalue weighted by atomic mass is 10.1. The zero-order valence-corrected chi connectivity index (χ0v) is 17.0. The van der Waals surface area contributed by atoms with Gasteiger partial charge in [-0.15, -0.1) is 0 Å². The number of amides is 2. The molecule has 0 aliphatic carbocycles. The van der Waals surface area contributed by atoms with E-state index >= 15 is 0 Å². The van der Waals surface area contributed by atoms with Crippen LogP contribution in [0.2, 0.25) is 0 Å². The molecule has 6 nitrogen and oxygen atoms in total. The molecule has 0 saturated carbocycles. The third-order valence-corrected chi connectivity index (χ3v) is 4.77. The first-order chi connectivity index (χ1) is 13.0. The highest BCUT2D eigenvalue weighted by Gasteiger charge is 2.19. The third kappa shape index (κ3) is 6.86. The molecular formula is C21H34N4O2. The average molecular weight is 375 g/mol. The molecule has 6 heteroatoms. The average Bonchev–Trinajstić information content (AvgIpc) is 2.65. The summed E-state index contributed by atoms with van der Waals surface area (Å²) in [5, 5.41) is 5.94. The van der Waals surface area contributed by atoms with Gasteiger partial charge < -0.3 is 20.4 Å². The van der Waals surface area contributed by atoms with Crippen LogP contribution in [0, 0.1) is 0 Å². The van der Waals surface area contributed by atoms with Gasteiger partial charge in [-0.1, -0.05) is 6.92 Å². The van der Waals surface area contributed by atoms with E-state index < -0.39 is 0 Å². The standard InChI is InChI=1S/C21H34N4O2/c1-4-9-20(26)23-17-10-11-19(25-14-6-5-7-15-25)18(16-17)21(27)22-12-8-13-24(2)3/h10-11,16H,4-9,12-15H2,1-3H3,(H,22,27)(H,23,26). The van der Waals surface area contributed by atoms with Gasteiger partial charge in [0.1, 0.15) is 0 Å². The SMILES string of the molecule is CCCC(=O)Nc1ccc(N2CCCCC2)c(C(=O)NCCCN(C)C)c1. The molecule has 0 aromatic heterocycles. The molecule has 2 amide bonds. The molecule has 1 aromatic carbocycles. The molecule has 0 unspecified atom stereocenters. The van der Waals surface area contributed by atoms with Crippen LogP contribution in [-0.2, 0) is 4.79 Å². The van der Waals surface area contributed by atoms with Crippen molar-refractivity contribution in [3.05, 3.63) is 23.8 Å². The van der Waals surface area contributed by atoms with Gasteiger partial charge in [-0.2, -0.15) is 0 Å². The van der Waals surface area contributed by atoms with Crippen LogP contribution in [0.25, 0.3) is 0 Å². The Balaban J connectivity index is 2.14. The molecule has 1 aliphatic heterocycles. The van der Waals surface area contributed by atoms with Crippen molar-refractivity contribution in [2.75, 3.05) is 50.5 Å². The highest BCUT2D eigenvalue weighted by molar-refractivity contribution is 6.02. The van der Waals surface area contributed by atoms with Crippen LogP contribution in [0.3, 0.4) is 0 Å². The minimum Gasteiger partial charge on any atom is -0.371 e. The van der Waals surface area contributed by atoms with E-state index in [9.17, 15) is 9.59 Å². The first-order valence-electron chi connectivity index (χ1n) is 10.1. The van der Waals surface area contributed by atoms with Crippen LogP contribution in [-0.4, -0.2) is 57.0 Å². The van der Waals surface area contributed by atoms with Crippen LogP contribution >= 0.6 is 0 Å². The van der Waals surface area contributed by atoms with Crippen molar-refractivity contribution in [2.24, 2.45) is 0 Å². The molecule has 1 aliphatic rings. The lowest BCUT2D eigenvalue weighted by molar-refractivity contribution is -0.116. The van der Waals surface area contributed by atoms with E-state index in [1.165, 1.54) is 6.42 Å². The summed E-state index contributed by atoms with van der Waals surface area (Å²) in [6.07, 6.45) is 5.74. The molecule has 27 heavy (non-hydrogen) atoms. The maximum atomic E-state index is 12.9. The molecule has 1 fully saturated rings. The number of nitrogens with one attached hydrogen (secondary N) is 2. The summed E-state index contributed by atoms with van der Waals surface area (Å²) in [5.74, 6) is -0.0820. The predicted molar refractivity (Wildman–Crippen MR) is 112 cm³/mol. The molecule has 0 bridgehead atoms. The number of hydrogen-bond acceptors (Lipinski definition) is 4. The Kier molecular flexibility index (Phi) is 8.58. The summed E-state index contributed by atoms with van der Waals surface area (Å²) in [7, 11) is 4.05. The monoisotopic (exact) mass is 374 g/mol. The van der Waals surface area contributed by atoms with E-state index in [1.807, 2.05) is 39.2 Å². The molecule has 1 heterocycles. The van der Waals surface area contributed by atoms with E-state index in [1.54, 1.807) is 0 Å². The van der Waals surface area contributed by atoms with Crippen molar-refractivity contribution in [2.45, 2.75) is 45.4 Å². The van der Waals surface area contributed by atoms with Gasteiger partial charge in [-0.3, -0.25) is 9.59 Å². The van der Waals surface area contributed by atoms with Gasteiger partial charge in [0.05, 0.1) is 5.56 Å². The van der Waals surface area contributed by atoms with Gasteiger partial charge >= 0.3 is 0 Å². The summed E-state index contributed by atoms with van der Waals surface area (Å²) in [5.41, 5.74) is 2.30. The molecule has 2 N–H and O–H groups in total. The minimum atomic E-state index is -0.0686. The molecule has 1 saturated heterocycles. The van der Waals surface area contributed by atoms with Crippen molar-refractivity contribution in [3.8, 4) is 0 Å². The van der Waals surface area contributed by atoms with E-state index in [0.29, 0.717) is 24.2 Å². The van der Waals surface area contributed by atoms with E-state index in [0.717, 1.165) is 51.0 Å². The first kappa shape index (κ1) is 21.2. The molecule has 0 atom stereocenters. The quantitative estimate of drug-likeness (QED) is 0.652. The first-order valence-corrected chi connectivity index (χ1v) is 10.1. The van der Waals surface area contributed by atoms with E-state index in [-0.39, 0.29) is 11.8 Å². The number of benzene rings is 1. The van der Waals surface area contributed by atoms with Crippen molar-refractivity contribution in [3.63, 3.8) is 0 Å². The lowest BCUT2D eigenvalue weighted by Crippen LogP contribution is -2.33. The fourth-order valence-corrected chi connectivity index (χ4v) is 3.35. The van der Waals surface area contributed by atoms with Crippen LogP contribution in [0.1, 0.15) is 55.8 Å². The Morgan fingerprint density at radius 1 is 1.15 bits per heavy atom. The van der Waals surface area contributed by atoms with Gasteiger partial charge in [-0.25, -0.2) is 0 Å². The topological polar surface area (TPSA) is 64.7 Å². The zero-order chi connectivity index (χ0) is 19.6. The Hall–Kier alpha value is -2.08. The van der Waals surface area contributed by atoms with Crippen molar-refractivity contribution < 1.29 is 9.59 Å². The van der Waals surface area contributed by atoms with E-state index in [4.69, 9.17) is 0 Å². The van der Waals surface area contributed by atoms with Crippen molar-refractivity contribution in [1.82, 2.24) is 10.2 Å². The fourth-order valence-electron chi connectivity index (χ4n) is 3.35. The second-order valence-corrected chi connectivity index (χ2v) is 7.49. The van der Waals surface area contributed by atoms with Gasteiger partial charge in [0.2, 0.25) is 5.91 Å². The number of hydrogen-bond donors (Lipinski definition) is 2. The molecule has 2 rings (SSSR count). The number of nitrogens with zero attached hydrogens (tertiary/aromatic N) is 2. The second kappa shape index (κ2) is 10.9. The van der Waals surface area contributed by atoms with Crippen LogP contribution < -0.4 is 15.5 Å². The maximum Gasteiger partial charge on any atom is 0.253 e. The smallest absolute Gasteiger partial charge is 0.253 e. The van der Waals surface area contributed by atoms with Gasteiger partial charge in [0.15, 0.2) is 0 Å². The molecule has 1 aromatic rings.